The van der Waals surface area contributed by atoms with E-state index >= 15 is 0 Å². The minimum atomic E-state index is -3.70. The summed E-state index contributed by atoms with van der Waals surface area (Å²) in [5.74, 6) is -0.645. The third-order valence-electron chi connectivity index (χ3n) is 3.46. The molecule has 1 aromatic rings. The van der Waals surface area contributed by atoms with Crippen LogP contribution in [0.3, 0.4) is 0 Å². The van der Waals surface area contributed by atoms with Crippen LogP contribution in [0.2, 0.25) is 0 Å². The lowest BCUT2D eigenvalue weighted by Crippen LogP contribution is -2.25. The van der Waals surface area contributed by atoms with E-state index in [4.69, 9.17) is 5.73 Å². The second kappa shape index (κ2) is 6.89. The molecule has 1 aliphatic rings. The minimum absolute atomic E-state index is 0.0426. The van der Waals surface area contributed by atoms with Crippen LogP contribution >= 0.6 is 15.9 Å². The summed E-state index contributed by atoms with van der Waals surface area (Å²) in [4.78, 5) is -0.0426. The van der Waals surface area contributed by atoms with Crippen LogP contribution in [0.1, 0.15) is 32.1 Å². The predicted octanol–water partition coefficient (Wildman–Crippen LogP) is 3.34. The van der Waals surface area contributed by atoms with Gasteiger partial charge in [0.15, 0.2) is 0 Å². The summed E-state index contributed by atoms with van der Waals surface area (Å²) in [5, 5.41) is 0. The molecule has 0 saturated heterocycles. The van der Waals surface area contributed by atoms with E-state index in [1.807, 2.05) is 0 Å². The van der Waals surface area contributed by atoms with Crippen molar-refractivity contribution in [2.24, 2.45) is 0 Å². The van der Waals surface area contributed by atoms with E-state index in [0.717, 1.165) is 25.0 Å². The van der Waals surface area contributed by atoms with Crippen molar-refractivity contribution in [3.8, 4) is 0 Å². The van der Waals surface area contributed by atoms with Gasteiger partial charge in [-0.3, -0.25) is 0 Å². The van der Waals surface area contributed by atoms with E-state index in [2.05, 4.69) is 26.7 Å². The SMILES string of the molecule is Nc1cc(S(=O)(=O)NCCC2=CCCCC2)c(Br)cc1F. The molecular formula is C14H18BrFN2O2S. The molecule has 0 unspecified atom stereocenters. The number of hydrogen-bond acceptors (Lipinski definition) is 3. The van der Waals surface area contributed by atoms with Gasteiger partial charge in [-0.1, -0.05) is 11.6 Å². The number of allylic oxidation sites excluding steroid dienone is 1. The Balaban J connectivity index is 2.05. The van der Waals surface area contributed by atoms with E-state index in [-0.39, 0.29) is 15.1 Å². The van der Waals surface area contributed by atoms with E-state index in [0.29, 0.717) is 13.0 Å². The molecule has 1 aliphatic carbocycles. The summed E-state index contributed by atoms with van der Waals surface area (Å²) in [5.41, 5.74) is 6.54. The third kappa shape index (κ3) is 4.28. The Morgan fingerprint density at radius 2 is 2.10 bits per heavy atom. The van der Waals surface area contributed by atoms with Crippen molar-refractivity contribution in [2.45, 2.75) is 37.0 Å². The van der Waals surface area contributed by atoms with Gasteiger partial charge in [-0.15, -0.1) is 0 Å². The van der Waals surface area contributed by atoms with Gasteiger partial charge in [0.25, 0.3) is 0 Å². The van der Waals surface area contributed by atoms with Crippen molar-refractivity contribution in [2.75, 3.05) is 12.3 Å². The summed E-state index contributed by atoms with van der Waals surface area (Å²) in [7, 11) is -3.70. The summed E-state index contributed by atoms with van der Waals surface area (Å²) in [6.07, 6.45) is 7.36. The number of anilines is 1. The molecule has 0 saturated carbocycles. The molecule has 0 amide bonds. The van der Waals surface area contributed by atoms with Gasteiger partial charge >= 0.3 is 0 Å². The Hall–Kier alpha value is -0.920. The highest BCUT2D eigenvalue weighted by molar-refractivity contribution is 9.10. The fourth-order valence-electron chi connectivity index (χ4n) is 2.31. The average molecular weight is 377 g/mol. The fraction of sp³-hybridized carbons (Fsp3) is 0.429. The molecule has 7 heteroatoms. The quantitative estimate of drug-likeness (QED) is 0.611. The van der Waals surface area contributed by atoms with Gasteiger partial charge in [0.1, 0.15) is 5.82 Å². The second-order valence-electron chi connectivity index (χ2n) is 5.06. The fourth-order valence-corrected chi connectivity index (χ4v) is 4.38. The highest BCUT2D eigenvalue weighted by Crippen LogP contribution is 2.27. The van der Waals surface area contributed by atoms with Crippen molar-refractivity contribution in [3.63, 3.8) is 0 Å². The predicted molar refractivity (Wildman–Crippen MR) is 84.9 cm³/mol. The largest absolute Gasteiger partial charge is 0.396 e. The van der Waals surface area contributed by atoms with E-state index < -0.39 is 15.8 Å². The zero-order chi connectivity index (χ0) is 15.5. The van der Waals surface area contributed by atoms with Crippen LogP contribution in [0.5, 0.6) is 0 Å². The first-order chi connectivity index (χ1) is 9.90. The van der Waals surface area contributed by atoms with Gasteiger partial charge in [-0.2, -0.15) is 0 Å². The lowest BCUT2D eigenvalue weighted by atomic mass is 9.97. The molecule has 0 heterocycles. The lowest BCUT2D eigenvalue weighted by Gasteiger charge is -2.14. The number of benzene rings is 1. The number of hydrogen-bond donors (Lipinski definition) is 2. The Labute approximate surface area is 132 Å². The van der Waals surface area contributed by atoms with Crippen molar-refractivity contribution in [3.05, 3.63) is 34.1 Å². The molecule has 3 N–H and O–H groups in total. The number of nitrogens with one attached hydrogen (secondary N) is 1. The van der Waals surface area contributed by atoms with Crippen LogP contribution in [0, 0.1) is 5.82 Å². The maximum Gasteiger partial charge on any atom is 0.241 e. The molecule has 4 nitrogen and oxygen atoms in total. The second-order valence-corrected chi connectivity index (χ2v) is 7.65. The highest BCUT2D eigenvalue weighted by Gasteiger charge is 2.19. The van der Waals surface area contributed by atoms with Crippen molar-refractivity contribution in [1.82, 2.24) is 4.72 Å². The highest BCUT2D eigenvalue weighted by atomic mass is 79.9. The van der Waals surface area contributed by atoms with E-state index in [1.165, 1.54) is 18.4 Å². The molecule has 0 atom stereocenters. The normalized spacial score (nSPS) is 15.8. The Morgan fingerprint density at radius 3 is 2.76 bits per heavy atom. The van der Waals surface area contributed by atoms with Crippen LogP contribution in [0.4, 0.5) is 10.1 Å². The van der Waals surface area contributed by atoms with Crippen molar-refractivity contribution < 1.29 is 12.8 Å². The molecule has 116 valence electrons. The zero-order valence-electron chi connectivity index (χ0n) is 11.5. The molecule has 0 fully saturated rings. The lowest BCUT2D eigenvalue weighted by molar-refractivity contribution is 0.578. The average Bonchev–Trinajstić information content (AvgIpc) is 2.43. The van der Waals surface area contributed by atoms with Crippen LogP contribution in [-0.4, -0.2) is 15.0 Å². The first-order valence-electron chi connectivity index (χ1n) is 6.82. The standard InChI is InChI=1S/C14H18BrFN2O2S/c15-11-8-12(16)13(17)9-14(11)21(19,20)18-7-6-10-4-2-1-3-5-10/h4,8-9,18H,1-3,5-7,17H2. The molecule has 0 aromatic heterocycles. The van der Waals surface area contributed by atoms with Crippen LogP contribution in [0.25, 0.3) is 0 Å². The molecule has 0 spiro atoms. The zero-order valence-corrected chi connectivity index (χ0v) is 13.9. The van der Waals surface area contributed by atoms with Gasteiger partial charge in [0.05, 0.1) is 10.6 Å². The number of nitrogen functional groups attached to an aromatic ring is 1. The molecular weight excluding hydrogens is 359 g/mol. The summed E-state index contributed by atoms with van der Waals surface area (Å²) >= 11 is 3.06. The van der Waals surface area contributed by atoms with Gasteiger partial charge in [-0.25, -0.2) is 17.5 Å². The van der Waals surface area contributed by atoms with Gasteiger partial charge < -0.3 is 5.73 Å². The van der Waals surface area contributed by atoms with Crippen LogP contribution in [-0.2, 0) is 10.0 Å². The minimum Gasteiger partial charge on any atom is -0.396 e. The Bertz CT molecular complexity index is 659. The van der Waals surface area contributed by atoms with Crippen LogP contribution in [0.15, 0.2) is 33.2 Å². The number of sulfonamides is 1. The summed E-state index contributed by atoms with van der Waals surface area (Å²) < 4.78 is 40.4. The summed E-state index contributed by atoms with van der Waals surface area (Å²) in [6.45, 7) is 0.331. The summed E-state index contributed by atoms with van der Waals surface area (Å²) in [6, 6.07) is 2.19. The molecule has 0 bridgehead atoms. The van der Waals surface area contributed by atoms with Gasteiger partial charge in [0.2, 0.25) is 10.0 Å². The van der Waals surface area contributed by atoms with Crippen LogP contribution < -0.4 is 10.5 Å². The topological polar surface area (TPSA) is 72.2 Å². The number of nitrogens with two attached hydrogens (primary N) is 1. The molecule has 0 radical (unpaired) electrons. The first kappa shape index (κ1) is 16.5. The Kier molecular flexibility index (Phi) is 5.40. The van der Waals surface area contributed by atoms with E-state index in [9.17, 15) is 12.8 Å². The molecule has 2 rings (SSSR count). The monoisotopic (exact) mass is 376 g/mol. The molecule has 21 heavy (non-hydrogen) atoms. The first-order valence-corrected chi connectivity index (χ1v) is 9.10. The van der Waals surface area contributed by atoms with E-state index in [1.54, 1.807) is 0 Å². The smallest absolute Gasteiger partial charge is 0.241 e. The van der Waals surface area contributed by atoms with Crippen molar-refractivity contribution in [1.29, 1.82) is 0 Å². The third-order valence-corrected chi connectivity index (χ3v) is 5.88. The van der Waals surface area contributed by atoms with Gasteiger partial charge in [-0.05, 0) is 60.2 Å². The van der Waals surface area contributed by atoms with Gasteiger partial charge in [0, 0.05) is 11.0 Å². The Morgan fingerprint density at radius 1 is 1.33 bits per heavy atom. The molecule has 1 aromatic carbocycles. The maximum atomic E-state index is 13.3. The number of rotatable bonds is 5. The maximum absolute atomic E-state index is 13.3. The number of halogens is 2. The molecule has 0 aliphatic heterocycles. The van der Waals surface area contributed by atoms with Crippen molar-refractivity contribution >= 4 is 31.6 Å².